The number of benzene rings is 2. The van der Waals surface area contributed by atoms with Gasteiger partial charge in [0.05, 0.1) is 6.42 Å². The van der Waals surface area contributed by atoms with Gasteiger partial charge >= 0.3 is 0 Å². The van der Waals surface area contributed by atoms with E-state index in [1.165, 1.54) is 17.0 Å². The third-order valence-electron chi connectivity index (χ3n) is 4.26. The Balaban J connectivity index is 2.30. The molecule has 0 saturated heterocycles. The van der Waals surface area contributed by atoms with Crippen LogP contribution in [0.5, 0.6) is 0 Å². The molecule has 0 aromatic heterocycles. The highest BCUT2D eigenvalue weighted by molar-refractivity contribution is 6.36. The topological polar surface area (TPSA) is 49.4 Å². The number of carbonyl (C=O) groups excluding carboxylic acids is 2. The van der Waals surface area contributed by atoms with E-state index in [1.807, 2.05) is 13.8 Å². The number of hydrogen-bond acceptors (Lipinski definition) is 2. The Morgan fingerprint density at radius 2 is 1.61 bits per heavy atom. The Bertz CT molecular complexity index is 821. The van der Waals surface area contributed by atoms with Crippen LogP contribution >= 0.6 is 23.2 Å². The van der Waals surface area contributed by atoms with Crippen LogP contribution in [0.25, 0.3) is 0 Å². The lowest BCUT2D eigenvalue weighted by atomic mass is 10.1. The molecule has 0 saturated carbocycles. The van der Waals surface area contributed by atoms with E-state index in [2.05, 4.69) is 5.32 Å². The largest absolute Gasteiger partial charge is 0.352 e. The molecule has 0 heterocycles. The minimum Gasteiger partial charge on any atom is -0.352 e. The number of carbonyl (C=O) groups is 2. The van der Waals surface area contributed by atoms with Crippen LogP contribution in [0.1, 0.15) is 31.9 Å². The Labute approximate surface area is 174 Å². The van der Waals surface area contributed by atoms with Gasteiger partial charge in [-0.05, 0) is 50.6 Å². The average molecular weight is 425 g/mol. The molecule has 28 heavy (non-hydrogen) atoms. The van der Waals surface area contributed by atoms with E-state index in [1.54, 1.807) is 37.3 Å². The Kier molecular flexibility index (Phi) is 7.84. The number of nitrogens with one attached hydrogen (secondary N) is 1. The van der Waals surface area contributed by atoms with Gasteiger partial charge in [-0.15, -0.1) is 0 Å². The van der Waals surface area contributed by atoms with Gasteiger partial charge in [-0.2, -0.15) is 0 Å². The van der Waals surface area contributed by atoms with Crippen LogP contribution in [-0.4, -0.2) is 28.8 Å². The van der Waals surface area contributed by atoms with Gasteiger partial charge in [0.15, 0.2) is 0 Å². The second-order valence-electron chi connectivity index (χ2n) is 6.86. The monoisotopic (exact) mass is 424 g/mol. The molecule has 2 aromatic rings. The summed E-state index contributed by atoms with van der Waals surface area (Å²) in [5.74, 6) is -0.930. The smallest absolute Gasteiger partial charge is 0.242 e. The maximum Gasteiger partial charge on any atom is 0.242 e. The summed E-state index contributed by atoms with van der Waals surface area (Å²) in [7, 11) is 0. The second kappa shape index (κ2) is 9.89. The van der Waals surface area contributed by atoms with Crippen LogP contribution in [0.4, 0.5) is 4.39 Å². The first-order valence-electron chi connectivity index (χ1n) is 8.96. The van der Waals surface area contributed by atoms with Gasteiger partial charge < -0.3 is 10.2 Å². The summed E-state index contributed by atoms with van der Waals surface area (Å²) in [6.07, 6.45) is 0.0294. The minimum absolute atomic E-state index is 0.0294. The van der Waals surface area contributed by atoms with Gasteiger partial charge in [0.2, 0.25) is 11.8 Å². The molecule has 2 rings (SSSR count). The first-order valence-corrected chi connectivity index (χ1v) is 9.71. The molecule has 1 atom stereocenters. The van der Waals surface area contributed by atoms with E-state index in [4.69, 9.17) is 23.2 Å². The molecular formula is C21H23Cl2FN2O2. The fourth-order valence-corrected chi connectivity index (χ4v) is 3.24. The van der Waals surface area contributed by atoms with Gasteiger partial charge in [0, 0.05) is 28.2 Å². The molecule has 2 amide bonds. The van der Waals surface area contributed by atoms with Gasteiger partial charge in [0.1, 0.15) is 11.9 Å². The summed E-state index contributed by atoms with van der Waals surface area (Å²) in [5.41, 5.74) is 1.22. The zero-order valence-corrected chi connectivity index (χ0v) is 17.5. The lowest BCUT2D eigenvalue weighted by molar-refractivity contribution is -0.140. The van der Waals surface area contributed by atoms with Gasteiger partial charge in [-0.25, -0.2) is 4.39 Å². The molecule has 0 unspecified atom stereocenters. The first kappa shape index (κ1) is 22.2. The quantitative estimate of drug-likeness (QED) is 0.704. The highest BCUT2D eigenvalue weighted by Gasteiger charge is 2.27. The summed E-state index contributed by atoms with van der Waals surface area (Å²) >= 11 is 12.5. The number of amides is 2. The van der Waals surface area contributed by atoms with Crippen molar-refractivity contribution < 1.29 is 14.0 Å². The average Bonchev–Trinajstić information content (AvgIpc) is 2.62. The Morgan fingerprint density at radius 3 is 2.14 bits per heavy atom. The SMILES string of the molecule is CC(C)NC(=O)[C@H](C)N(Cc1c(Cl)cccc1Cl)C(=O)Cc1ccc(F)cc1. The molecule has 4 nitrogen and oxygen atoms in total. The van der Waals surface area contributed by atoms with Crippen molar-refractivity contribution in [1.29, 1.82) is 0 Å². The second-order valence-corrected chi connectivity index (χ2v) is 7.68. The predicted molar refractivity (Wildman–Crippen MR) is 110 cm³/mol. The molecule has 0 fully saturated rings. The van der Waals surface area contributed by atoms with E-state index in [0.29, 0.717) is 21.2 Å². The van der Waals surface area contributed by atoms with Crippen LogP contribution < -0.4 is 5.32 Å². The van der Waals surface area contributed by atoms with E-state index < -0.39 is 6.04 Å². The summed E-state index contributed by atoms with van der Waals surface area (Å²) in [6, 6.07) is 9.98. The Hall–Kier alpha value is -2.11. The van der Waals surface area contributed by atoms with E-state index in [-0.39, 0.29) is 36.6 Å². The van der Waals surface area contributed by atoms with Crippen molar-refractivity contribution in [3.8, 4) is 0 Å². The van der Waals surface area contributed by atoms with E-state index in [9.17, 15) is 14.0 Å². The van der Waals surface area contributed by atoms with E-state index in [0.717, 1.165) is 0 Å². The number of halogens is 3. The summed E-state index contributed by atoms with van der Waals surface area (Å²) in [6.45, 7) is 5.44. The normalized spacial score (nSPS) is 12.0. The number of hydrogen-bond donors (Lipinski definition) is 1. The lowest BCUT2D eigenvalue weighted by Gasteiger charge is -2.30. The van der Waals surface area contributed by atoms with Crippen LogP contribution in [-0.2, 0) is 22.6 Å². The highest BCUT2D eigenvalue weighted by Crippen LogP contribution is 2.27. The molecule has 0 bridgehead atoms. The van der Waals surface area contributed by atoms with Crippen molar-refractivity contribution >= 4 is 35.0 Å². The maximum atomic E-state index is 13.1. The van der Waals surface area contributed by atoms with Crippen molar-refractivity contribution in [3.05, 3.63) is 69.5 Å². The minimum atomic E-state index is -0.734. The van der Waals surface area contributed by atoms with Gasteiger partial charge in [0.25, 0.3) is 0 Å². The third kappa shape index (κ3) is 5.94. The highest BCUT2D eigenvalue weighted by atomic mass is 35.5. The molecule has 7 heteroatoms. The first-order chi connectivity index (χ1) is 13.2. The van der Waals surface area contributed by atoms with E-state index >= 15 is 0 Å². The fraction of sp³-hybridized carbons (Fsp3) is 0.333. The predicted octanol–water partition coefficient (Wildman–Crippen LogP) is 4.62. The molecular weight excluding hydrogens is 402 g/mol. The zero-order chi connectivity index (χ0) is 20.8. The zero-order valence-electron chi connectivity index (χ0n) is 16.0. The molecule has 0 radical (unpaired) electrons. The van der Waals surface area contributed by atoms with Crippen LogP contribution in [0.3, 0.4) is 0 Å². The molecule has 0 aliphatic heterocycles. The number of rotatable bonds is 7. The standard InChI is InChI=1S/C21H23Cl2FN2O2/c1-13(2)25-21(28)14(3)26(12-17-18(22)5-4-6-19(17)23)20(27)11-15-7-9-16(24)10-8-15/h4-10,13-14H,11-12H2,1-3H3,(H,25,28)/t14-/m0/s1. The molecule has 0 aliphatic carbocycles. The maximum absolute atomic E-state index is 13.1. The Morgan fingerprint density at radius 1 is 1.04 bits per heavy atom. The fourth-order valence-electron chi connectivity index (χ4n) is 2.72. The van der Waals surface area contributed by atoms with Crippen molar-refractivity contribution in [2.45, 2.75) is 45.8 Å². The molecule has 2 aromatic carbocycles. The van der Waals surface area contributed by atoms with Gasteiger partial charge in [-0.3, -0.25) is 9.59 Å². The summed E-state index contributed by atoms with van der Waals surface area (Å²) in [4.78, 5) is 27.0. The van der Waals surface area contributed by atoms with Crippen molar-refractivity contribution in [2.75, 3.05) is 0 Å². The van der Waals surface area contributed by atoms with Gasteiger partial charge in [-0.1, -0.05) is 41.4 Å². The van der Waals surface area contributed by atoms with Crippen LogP contribution in [0, 0.1) is 5.82 Å². The molecule has 0 aliphatic rings. The summed E-state index contributed by atoms with van der Waals surface area (Å²) in [5, 5.41) is 3.66. The third-order valence-corrected chi connectivity index (χ3v) is 4.97. The van der Waals surface area contributed by atoms with Crippen LogP contribution in [0.15, 0.2) is 42.5 Å². The molecule has 150 valence electrons. The van der Waals surface area contributed by atoms with Crippen LogP contribution in [0.2, 0.25) is 10.0 Å². The molecule has 0 spiro atoms. The molecule has 1 N–H and O–H groups in total. The number of nitrogens with zero attached hydrogens (tertiary/aromatic N) is 1. The van der Waals surface area contributed by atoms with Crippen molar-refractivity contribution in [3.63, 3.8) is 0 Å². The van der Waals surface area contributed by atoms with Crippen molar-refractivity contribution in [2.24, 2.45) is 0 Å². The lowest BCUT2D eigenvalue weighted by Crippen LogP contribution is -2.49. The van der Waals surface area contributed by atoms with Crippen molar-refractivity contribution in [1.82, 2.24) is 10.2 Å². The summed E-state index contributed by atoms with van der Waals surface area (Å²) < 4.78 is 13.1.